The molecule has 0 heterocycles. The van der Waals surface area contributed by atoms with E-state index in [1.165, 1.54) is 116 Å². The summed E-state index contributed by atoms with van der Waals surface area (Å²) in [5.41, 5.74) is 5.18. The van der Waals surface area contributed by atoms with Crippen molar-refractivity contribution in [2.75, 3.05) is 12.3 Å². The second-order valence-electron chi connectivity index (χ2n) is 9.33. The molecule has 0 aliphatic carbocycles. The Morgan fingerprint density at radius 3 is 1.22 bits per heavy atom. The van der Waals surface area contributed by atoms with E-state index < -0.39 is 16.1 Å². The summed E-state index contributed by atoms with van der Waals surface area (Å²) in [7, 11) is -3.78. The van der Waals surface area contributed by atoms with Gasteiger partial charge in [0.1, 0.15) is 0 Å². The van der Waals surface area contributed by atoms with E-state index in [2.05, 4.69) is 11.1 Å². The van der Waals surface area contributed by atoms with Crippen LogP contribution >= 0.6 is 0 Å². The molecule has 32 heavy (non-hydrogen) atoms. The average Bonchev–Trinajstić information content (AvgIpc) is 2.74. The highest BCUT2D eigenvalue weighted by molar-refractivity contribution is 7.87. The molecule has 0 aliphatic heterocycles. The molecule has 0 bridgehead atoms. The molecule has 0 fully saturated rings. The second kappa shape index (κ2) is 23.5. The number of unbranched alkanes of at least 4 members (excludes halogenated alkanes) is 20. The molecule has 0 aliphatic rings. The number of carbonyl (C=O) groups excluding carboxylic acids is 1. The smallest absolute Gasteiger partial charge is 0.322 e. The van der Waals surface area contributed by atoms with Gasteiger partial charge in [0, 0.05) is 13.0 Å². The molecule has 0 rings (SSSR count). The van der Waals surface area contributed by atoms with Crippen molar-refractivity contribution >= 4 is 16.1 Å². The van der Waals surface area contributed by atoms with E-state index in [1.807, 2.05) is 0 Å². The van der Waals surface area contributed by atoms with Crippen LogP contribution in [0.3, 0.4) is 0 Å². The predicted octanol–water partition coefficient (Wildman–Crippen LogP) is 7.42. The summed E-state index contributed by atoms with van der Waals surface area (Å²) in [6.45, 7) is 2.25. The fraction of sp³-hybridized carbons (Fsp3) is 0.962. The van der Waals surface area contributed by atoms with Crippen LogP contribution in [0.15, 0.2) is 0 Å². The molecule has 0 unspecified atom stereocenters. The fourth-order valence-electron chi connectivity index (χ4n) is 4.07. The van der Waals surface area contributed by atoms with Gasteiger partial charge in [0.2, 0.25) is 0 Å². The normalized spacial score (nSPS) is 11.7. The third-order valence-electron chi connectivity index (χ3n) is 6.07. The molecule has 0 saturated carbocycles. The van der Waals surface area contributed by atoms with E-state index in [0.29, 0.717) is 6.42 Å². The van der Waals surface area contributed by atoms with Gasteiger partial charge >= 0.3 is 16.1 Å². The van der Waals surface area contributed by atoms with Crippen LogP contribution < -0.4 is 5.73 Å². The van der Waals surface area contributed by atoms with Gasteiger partial charge in [0.15, 0.2) is 0 Å². The molecule has 0 aromatic heterocycles. The Kier molecular flexibility index (Phi) is 23.1. The number of hydrogen-bond acceptors (Lipinski definition) is 5. The Bertz CT molecular complexity index is 508. The topological polar surface area (TPSA) is 86.5 Å². The first-order valence-corrected chi connectivity index (χ1v) is 15.2. The van der Waals surface area contributed by atoms with Crippen LogP contribution in [-0.4, -0.2) is 26.7 Å². The quantitative estimate of drug-likeness (QED) is 0.110. The molecule has 2 N–H and O–H groups in total. The summed E-state index contributed by atoms with van der Waals surface area (Å²) >= 11 is 0. The Morgan fingerprint density at radius 2 is 0.906 bits per heavy atom. The maximum Gasteiger partial charge on any atom is 0.322 e. The summed E-state index contributed by atoms with van der Waals surface area (Å²) in [6.07, 6.45) is 27.8. The summed E-state index contributed by atoms with van der Waals surface area (Å²) in [4.78, 5) is 11.5. The van der Waals surface area contributed by atoms with Gasteiger partial charge in [0.05, 0.1) is 5.75 Å². The second-order valence-corrected chi connectivity index (χ2v) is 11.0. The van der Waals surface area contributed by atoms with E-state index in [1.54, 1.807) is 0 Å². The number of carbonyl (C=O) groups is 1. The minimum absolute atomic E-state index is 0.0328. The summed E-state index contributed by atoms with van der Waals surface area (Å²) in [6, 6.07) is 0. The van der Waals surface area contributed by atoms with Crippen LogP contribution in [0.25, 0.3) is 0 Å². The Labute approximate surface area is 199 Å². The van der Waals surface area contributed by atoms with Crippen LogP contribution in [0.2, 0.25) is 0 Å². The number of nitrogens with two attached hydrogens (primary N) is 1. The van der Waals surface area contributed by atoms with Crippen molar-refractivity contribution in [3.63, 3.8) is 0 Å². The lowest BCUT2D eigenvalue weighted by Crippen LogP contribution is -2.21. The first kappa shape index (κ1) is 31.4. The standard InChI is InChI=1S/C26H53NO4S/c1-2-3-4-5-6-7-8-9-10-11-12-13-14-15-16-17-18-19-20-21-22-23-26(28)31-32(29,30)25-24-27/h2-25,27H2,1H3. The lowest BCUT2D eigenvalue weighted by molar-refractivity contribution is -0.133. The average molecular weight is 476 g/mol. The molecule has 0 aromatic carbocycles. The zero-order valence-corrected chi connectivity index (χ0v) is 21.9. The van der Waals surface area contributed by atoms with E-state index in [-0.39, 0.29) is 18.7 Å². The van der Waals surface area contributed by atoms with Crippen LogP contribution in [0.5, 0.6) is 0 Å². The summed E-state index contributed by atoms with van der Waals surface area (Å²) < 4.78 is 27.1. The molecule has 192 valence electrons. The van der Waals surface area contributed by atoms with Crippen molar-refractivity contribution in [3.05, 3.63) is 0 Å². The minimum Gasteiger partial charge on any atom is -0.346 e. The van der Waals surface area contributed by atoms with Crippen LogP contribution in [0.4, 0.5) is 0 Å². The van der Waals surface area contributed by atoms with Gasteiger partial charge in [-0.3, -0.25) is 4.79 Å². The van der Waals surface area contributed by atoms with E-state index in [9.17, 15) is 13.2 Å². The van der Waals surface area contributed by atoms with Crippen LogP contribution in [-0.2, 0) is 19.1 Å². The van der Waals surface area contributed by atoms with Gasteiger partial charge in [-0.25, -0.2) is 0 Å². The van der Waals surface area contributed by atoms with Crippen LogP contribution in [0.1, 0.15) is 148 Å². The maximum absolute atomic E-state index is 11.5. The third kappa shape index (κ3) is 24.0. The van der Waals surface area contributed by atoms with Crippen LogP contribution in [0, 0.1) is 0 Å². The highest BCUT2D eigenvalue weighted by Crippen LogP contribution is 2.15. The SMILES string of the molecule is CCCCCCCCCCCCCCCCCCCCCCCC(=O)OS(=O)(=O)CCN. The third-order valence-corrected chi connectivity index (χ3v) is 7.25. The first-order valence-electron chi connectivity index (χ1n) is 13.7. The van der Waals surface area contributed by atoms with Gasteiger partial charge < -0.3 is 9.92 Å². The fourth-order valence-corrected chi connectivity index (χ4v) is 4.81. The van der Waals surface area contributed by atoms with Crippen molar-refractivity contribution in [3.8, 4) is 0 Å². The minimum atomic E-state index is -3.78. The van der Waals surface area contributed by atoms with E-state index in [0.717, 1.165) is 12.8 Å². The maximum atomic E-state index is 11.5. The molecule has 0 atom stereocenters. The largest absolute Gasteiger partial charge is 0.346 e. The molecular formula is C26H53NO4S. The Hall–Kier alpha value is -0.620. The monoisotopic (exact) mass is 475 g/mol. The van der Waals surface area contributed by atoms with E-state index in [4.69, 9.17) is 5.73 Å². The molecule has 6 heteroatoms. The molecule has 0 amide bonds. The zero-order chi connectivity index (χ0) is 23.8. The van der Waals surface area contributed by atoms with Crippen molar-refractivity contribution in [2.45, 2.75) is 148 Å². The highest BCUT2D eigenvalue weighted by atomic mass is 32.2. The lowest BCUT2D eigenvalue weighted by Gasteiger charge is -2.05. The molecular weight excluding hydrogens is 422 g/mol. The molecule has 0 spiro atoms. The van der Waals surface area contributed by atoms with Gasteiger partial charge in [-0.15, -0.1) is 0 Å². The zero-order valence-electron chi connectivity index (χ0n) is 21.1. The van der Waals surface area contributed by atoms with Crippen molar-refractivity contribution < 1.29 is 17.4 Å². The van der Waals surface area contributed by atoms with Gasteiger partial charge in [0.25, 0.3) is 0 Å². The number of hydrogen-bond donors (Lipinski definition) is 1. The highest BCUT2D eigenvalue weighted by Gasteiger charge is 2.15. The Morgan fingerprint density at radius 1 is 0.594 bits per heavy atom. The van der Waals surface area contributed by atoms with Gasteiger partial charge in [-0.05, 0) is 6.42 Å². The Balaban J connectivity index is 3.20. The van der Waals surface area contributed by atoms with Crippen molar-refractivity contribution in [1.82, 2.24) is 0 Å². The van der Waals surface area contributed by atoms with E-state index >= 15 is 0 Å². The molecule has 5 nitrogen and oxygen atoms in total. The van der Waals surface area contributed by atoms with Crippen molar-refractivity contribution in [2.24, 2.45) is 5.73 Å². The summed E-state index contributed by atoms with van der Waals surface area (Å²) in [5, 5.41) is 0. The summed E-state index contributed by atoms with van der Waals surface area (Å²) in [5.74, 6) is -0.964. The number of rotatable bonds is 25. The molecule has 0 saturated heterocycles. The predicted molar refractivity (Wildman–Crippen MR) is 136 cm³/mol. The molecule has 0 radical (unpaired) electrons. The van der Waals surface area contributed by atoms with Crippen molar-refractivity contribution in [1.29, 1.82) is 0 Å². The van der Waals surface area contributed by atoms with Gasteiger partial charge in [-0.1, -0.05) is 135 Å². The molecule has 0 aromatic rings. The lowest BCUT2D eigenvalue weighted by atomic mass is 10.0. The first-order chi connectivity index (χ1) is 15.5. The van der Waals surface area contributed by atoms with Gasteiger partial charge in [-0.2, -0.15) is 8.42 Å².